The maximum absolute atomic E-state index is 13.5. The third-order valence-electron chi connectivity index (χ3n) is 4.71. The molecule has 0 unspecified atom stereocenters. The third kappa shape index (κ3) is 4.94. The van der Waals surface area contributed by atoms with Crippen LogP contribution in [0.5, 0.6) is 0 Å². The van der Waals surface area contributed by atoms with Gasteiger partial charge in [0.25, 0.3) is 5.91 Å². The lowest BCUT2D eigenvalue weighted by molar-refractivity contribution is -0.180. The maximum atomic E-state index is 13.5. The molecule has 1 aromatic heterocycles. The molecule has 0 atom stereocenters. The van der Waals surface area contributed by atoms with E-state index in [1.54, 1.807) is 24.6 Å². The van der Waals surface area contributed by atoms with Crippen molar-refractivity contribution in [2.75, 3.05) is 5.32 Å². The fraction of sp³-hybridized carbons (Fsp3) is 0.400. The van der Waals surface area contributed by atoms with Crippen molar-refractivity contribution in [2.45, 2.75) is 50.2 Å². The Morgan fingerprint density at radius 2 is 1.81 bits per heavy atom. The summed E-state index contributed by atoms with van der Waals surface area (Å²) >= 11 is 0. The lowest BCUT2D eigenvalue weighted by Crippen LogP contribution is -2.54. The molecule has 0 radical (unpaired) electrons. The predicted octanol–water partition coefficient (Wildman–Crippen LogP) is 4.03. The Balaban J connectivity index is 2.54. The van der Waals surface area contributed by atoms with E-state index in [2.05, 4.69) is 5.32 Å². The smallest absolute Gasteiger partial charge is 0.345 e. The zero-order chi connectivity index (χ0) is 24.6. The van der Waals surface area contributed by atoms with Crippen LogP contribution in [0.2, 0.25) is 0 Å². The molecule has 1 amide bonds. The van der Waals surface area contributed by atoms with Crippen molar-refractivity contribution in [1.29, 1.82) is 5.26 Å². The van der Waals surface area contributed by atoms with Gasteiger partial charge in [-0.25, -0.2) is 12.8 Å². The Labute approximate surface area is 183 Å². The zero-order valence-electron chi connectivity index (χ0n) is 17.9. The van der Waals surface area contributed by atoms with Crippen LogP contribution in [0, 0.1) is 17.1 Å². The van der Waals surface area contributed by atoms with Gasteiger partial charge in [0.15, 0.2) is 0 Å². The standard InChI is InChI=1S/C20H22F4N4O3S/c1-11(2)16-15(32(30,31)27-19(3,4)20(22,23)24)10-28(5)17(16)18(29)26-13-6-7-14(21)12(8-13)9-25/h6-8,10-11,27H,1-5H3,(H,26,29). The first-order chi connectivity index (χ1) is 14.5. The highest BCUT2D eigenvalue weighted by molar-refractivity contribution is 7.89. The Morgan fingerprint density at radius 3 is 2.31 bits per heavy atom. The molecule has 0 saturated heterocycles. The molecule has 1 heterocycles. The van der Waals surface area contributed by atoms with Crippen LogP contribution in [0.3, 0.4) is 0 Å². The molecule has 32 heavy (non-hydrogen) atoms. The van der Waals surface area contributed by atoms with Crippen LogP contribution in [-0.4, -0.2) is 30.6 Å². The number of nitriles is 1. The third-order valence-corrected chi connectivity index (χ3v) is 6.39. The van der Waals surface area contributed by atoms with Crippen molar-refractivity contribution in [1.82, 2.24) is 9.29 Å². The lowest BCUT2D eigenvalue weighted by atomic mass is 10.0. The number of nitrogens with zero attached hydrogens (tertiary/aromatic N) is 2. The molecule has 0 fully saturated rings. The summed E-state index contributed by atoms with van der Waals surface area (Å²) < 4.78 is 81.8. The molecule has 0 aliphatic heterocycles. The molecule has 12 heteroatoms. The van der Waals surface area contributed by atoms with Gasteiger partial charge >= 0.3 is 6.18 Å². The summed E-state index contributed by atoms with van der Waals surface area (Å²) in [6.45, 7) is 4.56. The van der Waals surface area contributed by atoms with Crippen molar-refractivity contribution in [2.24, 2.45) is 7.05 Å². The minimum absolute atomic E-state index is 0.0121. The Bertz CT molecular complexity index is 1190. The number of hydrogen-bond acceptors (Lipinski definition) is 4. The number of rotatable bonds is 6. The summed E-state index contributed by atoms with van der Waals surface area (Å²) in [7, 11) is -3.29. The molecular formula is C20H22F4N4O3S. The number of carbonyl (C=O) groups is 1. The van der Waals surface area contributed by atoms with Gasteiger partial charge in [0, 0.05) is 24.5 Å². The summed E-state index contributed by atoms with van der Waals surface area (Å²) in [6, 6.07) is 4.95. The number of nitrogens with one attached hydrogen (secondary N) is 2. The molecular weight excluding hydrogens is 452 g/mol. The highest BCUT2D eigenvalue weighted by Crippen LogP contribution is 2.34. The summed E-state index contributed by atoms with van der Waals surface area (Å²) in [5.74, 6) is -2.11. The highest BCUT2D eigenvalue weighted by Gasteiger charge is 2.50. The second kappa shape index (κ2) is 8.55. The number of carbonyl (C=O) groups excluding carboxylic acids is 1. The normalized spacial score (nSPS) is 12.7. The monoisotopic (exact) mass is 474 g/mol. The van der Waals surface area contributed by atoms with Crippen LogP contribution in [0.1, 0.15) is 55.2 Å². The fourth-order valence-electron chi connectivity index (χ4n) is 3.00. The number of alkyl halides is 3. The second-order valence-corrected chi connectivity index (χ2v) is 9.66. The molecule has 0 spiro atoms. The van der Waals surface area contributed by atoms with E-state index in [-0.39, 0.29) is 22.5 Å². The van der Waals surface area contributed by atoms with E-state index in [9.17, 15) is 30.8 Å². The molecule has 1 aromatic carbocycles. The van der Waals surface area contributed by atoms with Crippen LogP contribution >= 0.6 is 0 Å². The van der Waals surface area contributed by atoms with Gasteiger partial charge in [-0.2, -0.15) is 23.2 Å². The first-order valence-electron chi connectivity index (χ1n) is 9.32. The lowest BCUT2D eigenvalue weighted by Gasteiger charge is -2.28. The number of aryl methyl sites for hydroxylation is 1. The average molecular weight is 474 g/mol. The topological polar surface area (TPSA) is 104 Å². The fourth-order valence-corrected chi connectivity index (χ4v) is 4.82. The van der Waals surface area contributed by atoms with Crippen molar-refractivity contribution >= 4 is 21.6 Å². The number of benzene rings is 1. The zero-order valence-corrected chi connectivity index (χ0v) is 18.7. The number of amides is 1. The van der Waals surface area contributed by atoms with Gasteiger partial charge in [0.2, 0.25) is 10.0 Å². The SMILES string of the molecule is CC(C)c1c(S(=O)(=O)NC(C)(C)C(F)(F)F)cn(C)c1C(=O)Nc1ccc(F)c(C#N)c1. The minimum atomic E-state index is -4.85. The van der Waals surface area contributed by atoms with Crippen LogP contribution in [-0.2, 0) is 17.1 Å². The summed E-state index contributed by atoms with van der Waals surface area (Å²) in [4.78, 5) is 12.5. The molecule has 2 rings (SSSR count). The predicted molar refractivity (Wildman–Crippen MR) is 109 cm³/mol. The second-order valence-electron chi connectivity index (χ2n) is 8.01. The van der Waals surface area contributed by atoms with Gasteiger partial charge in [0.1, 0.15) is 28.0 Å². The molecule has 2 aromatic rings. The van der Waals surface area contributed by atoms with E-state index in [0.29, 0.717) is 13.8 Å². The Kier molecular flexibility index (Phi) is 6.78. The van der Waals surface area contributed by atoms with Crippen LogP contribution in [0.4, 0.5) is 23.2 Å². The molecule has 0 bridgehead atoms. The summed E-state index contributed by atoms with van der Waals surface area (Å²) in [6.07, 6.45) is -3.79. The van der Waals surface area contributed by atoms with Gasteiger partial charge in [0.05, 0.1) is 5.56 Å². The van der Waals surface area contributed by atoms with E-state index in [4.69, 9.17) is 5.26 Å². The molecule has 174 valence electrons. The van der Waals surface area contributed by atoms with E-state index < -0.39 is 44.3 Å². The molecule has 2 N–H and O–H groups in total. The van der Waals surface area contributed by atoms with Crippen LogP contribution in [0.15, 0.2) is 29.3 Å². The van der Waals surface area contributed by atoms with Gasteiger partial charge in [-0.05, 0) is 38.0 Å². The first kappa shape index (κ1) is 25.4. The minimum Gasteiger partial charge on any atom is -0.345 e. The number of hydrogen-bond donors (Lipinski definition) is 2. The quantitative estimate of drug-likeness (QED) is 0.617. The first-order valence-corrected chi connectivity index (χ1v) is 10.8. The van der Waals surface area contributed by atoms with Gasteiger partial charge < -0.3 is 9.88 Å². The maximum Gasteiger partial charge on any atom is 0.407 e. The molecule has 0 saturated carbocycles. The highest BCUT2D eigenvalue weighted by atomic mass is 32.2. The van der Waals surface area contributed by atoms with Gasteiger partial charge in [-0.3, -0.25) is 4.79 Å². The van der Waals surface area contributed by atoms with E-state index in [1.165, 1.54) is 17.7 Å². The van der Waals surface area contributed by atoms with Crippen molar-refractivity contribution in [3.8, 4) is 6.07 Å². The molecule has 7 nitrogen and oxygen atoms in total. The average Bonchev–Trinajstić information content (AvgIpc) is 3.00. The summed E-state index contributed by atoms with van der Waals surface area (Å²) in [5.41, 5.74) is -3.06. The Hall–Kier alpha value is -2.91. The molecule has 0 aliphatic carbocycles. The van der Waals surface area contributed by atoms with E-state index in [0.717, 1.165) is 18.3 Å². The van der Waals surface area contributed by atoms with Crippen molar-refractivity contribution in [3.63, 3.8) is 0 Å². The largest absolute Gasteiger partial charge is 0.407 e. The van der Waals surface area contributed by atoms with Crippen LogP contribution < -0.4 is 10.0 Å². The van der Waals surface area contributed by atoms with E-state index in [1.807, 2.05) is 0 Å². The number of aromatic nitrogens is 1. The van der Waals surface area contributed by atoms with Crippen molar-refractivity contribution < 1.29 is 30.8 Å². The summed E-state index contributed by atoms with van der Waals surface area (Å²) in [5, 5.41) is 11.4. The number of anilines is 1. The number of halogens is 4. The van der Waals surface area contributed by atoms with E-state index >= 15 is 0 Å². The van der Waals surface area contributed by atoms with Crippen LogP contribution in [0.25, 0.3) is 0 Å². The van der Waals surface area contributed by atoms with Crippen molar-refractivity contribution in [3.05, 3.63) is 47.0 Å². The van der Waals surface area contributed by atoms with Gasteiger partial charge in [-0.1, -0.05) is 13.8 Å². The number of sulfonamides is 1. The van der Waals surface area contributed by atoms with Gasteiger partial charge in [-0.15, -0.1) is 0 Å². The Morgan fingerprint density at radius 1 is 1.22 bits per heavy atom. The molecule has 0 aliphatic rings.